The first-order valence-corrected chi connectivity index (χ1v) is 9.99. The number of ether oxygens (including phenoxy) is 2. The van der Waals surface area contributed by atoms with Crippen LogP contribution in [0.3, 0.4) is 0 Å². The van der Waals surface area contributed by atoms with Crippen LogP contribution in [0.2, 0.25) is 0 Å². The van der Waals surface area contributed by atoms with E-state index < -0.39 is 18.5 Å². The van der Waals surface area contributed by atoms with E-state index in [1.165, 1.54) is 35.6 Å². The first-order valence-electron chi connectivity index (χ1n) is 9.17. The average molecular weight is 409 g/mol. The van der Waals surface area contributed by atoms with E-state index in [1.807, 2.05) is 6.92 Å². The summed E-state index contributed by atoms with van der Waals surface area (Å²) < 4.78 is 34.5. The quantitative estimate of drug-likeness (QED) is 0.650. The molecule has 1 aliphatic carbocycles. The van der Waals surface area contributed by atoms with Crippen LogP contribution < -0.4 is 10.1 Å². The normalized spacial score (nSPS) is 13.1. The number of nitrogens with one attached hydrogen (secondary N) is 1. The van der Waals surface area contributed by atoms with E-state index >= 15 is 0 Å². The van der Waals surface area contributed by atoms with Crippen molar-refractivity contribution in [2.45, 2.75) is 45.6 Å². The van der Waals surface area contributed by atoms with Crippen LogP contribution in [0.1, 0.15) is 57.3 Å². The van der Waals surface area contributed by atoms with Gasteiger partial charge in [-0.3, -0.25) is 4.79 Å². The van der Waals surface area contributed by atoms with Gasteiger partial charge in [-0.2, -0.15) is 8.78 Å². The number of alkyl halides is 2. The Morgan fingerprint density at radius 2 is 2.04 bits per heavy atom. The van der Waals surface area contributed by atoms with Crippen molar-refractivity contribution < 1.29 is 27.8 Å². The maximum absolute atomic E-state index is 12.7. The highest BCUT2D eigenvalue weighted by atomic mass is 32.1. The van der Waals surface area contributed by atoms with Crippen molar-refractivity contribution in [3.8, 4) is 5.75 Å². The zero-order valence-corrected chi connectivity index (χ0v) is 16.2. The van der Waals surface area contributed by atoms with Crippen molar-refractivity contribution in [2.24, 2.45) is 0 Å². The van der Waals surface area contributed by atoms with E-state index in [4.69, 9.17) is 4.74 Å². The van der Waals surface area contributed by atoms with Crippen LogP contribution in [0.25, 0.3) is 0 Å². The van der Waals surface area contributed by atoms with Crippen molar-refractivity contribution in [1.82, 2.24) is 0 Å². The smallest absolute Gasteiger partial charge is 0.387 e. The molecule has 1 aliphatic rings. The standard InChI is InChI=1S/C20H21F2NO4S/c1-2-10-26-19(25)16-14-8-3-4-9-15(14)28-18(16)23-17(24)12-6-5-7-13(11-12)27-20(21)22/h5-7,11,20H,2-4,8-10H2,1H3,(H,23,24). The van der Waals surface area contributed by atoms with Crippen molar-refractivity contribution in [1.29, 1.82) is 0 Å². The second-order valence-corrected chi connectivity index (χ2v) is 7.52. The second-order valence-electron chi connectivity index (χ2n) is 6.41. The molecule has 1 aromatic carbocycles. The highest BCUT2D eigenvalue weighted by Gasteiger charge is 2.27. The number of fused-ring (bicyclic) bond motifs is 1. The Kier molecular flexibility index (Phi) is 6.61. The van der Waals surface area contributed by atoms with Crippen LogP contribution in [-0.4, -0.2) is 25.1 Å². The van der Waals surface area contributed by atoms with Crippen molar-refractivity contribution in [3.63, 3.8) is 0 Å². The highest BCUT2D eigenvalue weighted by molar-refractivity contribution is 7.17. The molecule has 1 aromatic heterocycles. The molecule has 0 saturated carbocycles. The van der Waals surface area contributed by atoms with Gasteiger partial charge in [-0.25, -0.2) is 4.79 Å². The van der Waals surface area contributed by atoms with Crippen molar-refractivity contribution in [2.75, 3.05) is 11.9 Å². The molecule has 8 heteroatoms. The van der Waals surface area contributed by atoms with Gasteiger partial charge >= 0.3 is 12.6 Å². The lowest BCUT2D eigenvalue weighted by Crippen LogP contribution is -2.16. The number of thiophene rings is 1. The molecule has 150 valence electrons. The van der Waals surface area contributed by atoms with Gasteiger partial charge in [-0.05, 0) is 55.9 Å². The average Bonchev–Trinajstić information content (AvgIpc) is 3.03. The maximum atomic E-state index is 12.7. The number of halogens is 2. The molecule has 0 saturated heterocycles. The minimum Gasteiger partial charge on any atom is -0.462 e. The third-order valence-electron chi connectivity index (χ3n) is 4.36. The van der Waals surface area contributed by atoms with E-state index in [2.05, 4.69) is 10.1 Å². The van der Waals surface area contributed by atoms with Crippen LogP contribution in [0.5, 0.6) is 5.75 Å². The van der Waals surface area contributed by atoms with Gasteiger partial charge in [-0.15, -0.1) is 11.3 Å². The van der Waals surface area contributed by atoms with Crippen LogP contribution >= 0.6 is 11.3 Å². The Morgan fingerprint density at radius 1 is 1.25 bits per heavy atom. The molecule has 0 aliphatic heterocycles. The van der Waals surface area contributed by atoms with E-state index in [0.717, 1.165) is 36.1 Å². The Labute approximate surface area is 165 Å². The number of hydrogen-bond donors (Lipinski definition) is 1. The number of esters is 1. The topological polar surface area (TPSA) is 64.6 Å². The Morgan fingerprint density at radius 3 is 2.79 bits per heavy atom. The molecule has 2 aromatic rings. The first-order chi connectivity index (χ1) is 13.5. The predicted octanol–water partition coefficient (Wildman–Crippen LogP) is 5.05. The molecule has 1 heterocycles. The molecule has 0 bridgehead atoms. The van der Waals surface area contributed by atoms with Crippen molar-refractivity contribution in [3.05, 3.63) is 45.8 Å². The van der Waals surface area contributed by atoms with E-state index in [9.17, 15) is 18.4 Å². The van der Waals surface area contributed by atoms with Gasteiger partial charge < -0.3 is 14.8 Å². The van der Waals surface area contributed by atoms with Gasteiger partial charge in [0.15, 0.2) is 0 Å². The van der Waals surface area contributed by atoms with Gasteiger partial charge in [-0.1, -0.05) is 13.0 Å². The number of amides is 1. The van der Waals surface area contributed by atoms with E-state index in [-0.39, 0.29) is 11.3 Å². The molecule has 5 nitrogen and oxygen atoms in total. The minimum absolute atomic E-state index is 0.101. The van der Waals surface area contributed by atoms with Gasteiger partial charge in [0, 0.05) is 10.4 Å². The summed E-state index contributed by atoms with van der Waals surface area (Å²) in [6.07, 6.45) is 4.36. The summed E-state index contributed by atoms with van der Waals surface area (Å²) in [7, 11) is 0. The molecule has 0 spiro atoms. The summed E-state index contributed by atoms with van der Waals surface area (Å²) in [6, 6.07) is 5.54. The van der Waals surface area contributed by atoms with Crippen LogP contribution in [0, 0.1) is 0 Å². The van der Waals surface area contributed by atoms with Gasteiger partial charge in [0.05, 0.1) is 12.2 Å². The van der Waals surface area contributed by atoms with Gasteiger partial charge in [0.2, 0.25) is 0 Å². The fourth-order valence-corrected chi connectivity index (χ4v) is 4.40. The first kappa shape index (κ1) is 20.3. The minimum atomic E-state index is -2.97. The summed E-state index contributed by atoms with van der Waals surface area (Å²) >= 11 is 1.38. The third-order valence-corrected chi connectivity index (χ3v) is 5.57. The number of aryl methyl sites for hydroxylation is 1. The summed E-state index contributed by atoms with van der Waals surface area (Å²) in [4.78, 5) is 26.3. The summed E-state index contributed by atoms with van der Waals surface area (Å²) in [5.41, 5.74) is 1.53. The molecule has 3 rings (SSSR count). The van der Waals surface area contributed by atoms with Gasteiger partial charge in [0.25, 0.3) is 5.91 Å². The number of anilines is 1. The number of benzene rings is 1. The lowest BCUT2D eigenvalue weighted by Gasteiger charge is -2.12. The molecule has 0 fully saturated rings. The third kappa shape index (κ3) is 4.67. The maximum Gasteiger partial charge on any atom is 0.387 e. The molecule has 0 unspecified atom stereocenters. The summed E-state index contributed by atoms with van der Waals surface area (Å²) in [5.74, 6) is -1.04. The second kappa shape index (κ2) is 9.14. The van der Waals surface area contributed by atoms with Gasteiger partial charge in [0.1, 0.15) is 10.8 Å². The number of rotatable bonds is 7. The molecule has 0 atom stereocenters. The Bertz CT molecular complexity index is 866. The molecule has 28 heavy (non-hydrogen) atoms. The summed E-state index contributed by atoms with van der Waals surface area (Å²) in [5, 5.41) is 3.20. The SMILES string of the molecule is CCCOC(=O)c1c(NC(=O)c2cccc(OC(F)F)c2)sc2c1CCCC2. The van der Waals surface area contributed by atoms with Crippen molar-refractivity contribution >= 4 is 28.2 Å². The summed E-state index contributed by atoms with van der Waals surface area (Å²) in [6.45, 7) is -0.751. The Balaban J connectivity index is 1.86. The number of carbonyl (C=O) groups excluding carboxylic acids is 2. The molecule has 1 N–H and O–H groups in total. The fraction of sp³-hybridized carbons (Fsp3) is 0.400. The zero-order valence-electron chi connectivity index (χ0n) is 15.4. The van der Waals surface area contributed by atoms with E-state index in [0.29, 0.717) is 23.6 Å². The highest BCUT2D eigenvalue weighted by Crippen LogP contribution is 2.39. The van der Waals surface area contributed by atoms with E-state index in [1.54, 1.807) is 0 Å². The molecule has 1 amide bonds. The largest absolute Gasteiger partial charge is 0.462 e. The van der Waals surface area contributed by atoms with Crippen LogP contribution in [0.4, 0.5) is 13.8 Å². The number of hydrogen-bond acceptors (Lipinski definition) is 5. The fourth-order valence-electron chi connectivity index (χ4n) is 3.13. The zero-order chi connectivity index (χ0) is 20.1. The lowest BCUT2D eigenvalue weighted by molar-refractivity contribution is -0.0498. The number of carbonyl (C=O) groups is 2. The molecular formula is C20H21F2NO4S. The lowest BCUT2D eigenvalue weighted by atomic mass is 9.95. The monoisotopic (exact) mass is 409 g/mol. The Hall–Kier alpha value is -2.48. The molecule has 0 radical (unpaired) electrons. The van der Waals surface area contributed by atoms with Crippen LogP contribution in [-0.2, 0) is 17.6 Å². The predicted molar refractivity (Wildman–Crippen MR) is 103 cm³/mol. The molecular weight excluding hydrogens is 388 g/mol. The van der Waals surface area contributed by atoms with Crippen LogP contribution in [0.15, 0.2) is 24.3 Å².